The zero-order valence-electron chi connectivity index (χ0n) is 12.4. The van der Waals surface area contributed by atoms with Crippen molar-refractivity contribution in [1.29, 1.82) is 5.26 Å². The molecule has 0 unspecified atom stereocenters. The fourth-order valence-corrected chi connectivity index (χ4v) is 1.80. The second kappa shape index (κ2) is 11.2. The third kappa shape index (κ3) is 7.16. The van der Waals surface area contributed by atoms with Gasteiger partial charge in [-0.25, -0.2) is 0 Å². The number of hydrogen-bond donors (Lipinski definition) is 0. The first-order valence-corrected chi connectivity index (χ1v) is 6.90. The molecule has 2 aliphatic rings. The van der Waals surface area contributed by atoms with Gasteiger partial charge in [0.1, 0.15) is 0 Å². The van der Waals surface area contributed by atoms with Crippen LogP contribution in [0.15, 0.2) is 30.3 Å². The largest absolute Gasteiger partial charge is 2.00 e. The predicted octanol–water partition coefficient (Wildman–Crippen LogP) is 3.56. The van der Waals surface area contributed by atoms with E-state index in [2.05, 4.69) is 6.07 Å². The van der Waals surface area contributed by atoms with Gasteiger partial charge in [0.15, 0.2) is 5.78 Å². The molecule has 0 atom stereocenters. The predicted molar refractivity (Wildman–Crippen MR) is 87.1 cm³/mol. The van der Waals surface area contributed by atoms with Crippen molar-refractivity contribution < 1.29 is 21.9 Å². The first-order chi connectivity index (χ1) is 10.8. The molecular formula is C20H15FeNO+2. The Kier molecular flexibility index (Phi) is 9.60. The molecule has 1 aromatic rings. The summed E-state index contributed by atoms with van der Waals surface area (Å²) in [6.07, 6.45) is 20.5. The van der Waals surface area contributed by atoms with Crippen LogP contribution in [0.3, 0.4) is 0 Å². The van der Waals surface area contributed by atoms with Gasteiger partial charge in [0.05, 0.1) is 17.6 Å². The zero-order chi connectivity index (χ0) is 15.6. The number of nitriles is 1. The van der Waals surface area contributed by atoms with Crippen molar-refractivity contribution in [2.45, 2.75) is 0 Å². The number of hydrogen-bond acceptors (Lipinski definition) is 2. The molecule has 23 heavy (non-hydrogen) atoms. The average molecular weight is 341 g/mol. The van der Waals surface area contributed by atoms with Crippen molar-refractivity contribution in [1.82, 2.24) is 0 Å². The van der Waals surface area contributed by atoms with Crippen LogP contribution in [-0.4, -0.2) is 5.78 Å². The number of allylic oxidation sites excluding steroid dienone is 1. The zero-order valence-corrected chi connectivity index (χ0v) is 13.5. The van der Waals surface area contributed by atoms with Gasteiger partial charge in [0.25, 0.3) is 0 Å². The summed E-state index contributed by atoms with van der Waals surface area (Å²) < 4.78 is 0. The monoisotopic (exact) mass is 341 g/mol. The van der Waals surface area contributed by atoms with E-state index < -0.39 is 0 Å². The van der Waals surface area contributed by atoms with E-state index in [1.54, 1.807) is 31.1 Å². The Morgan fingerprint density at radius 1 is 0.870 bits per heavy atom. The number of carbonyl (C=O) groups is 1. The van der Waals surface area contributed by atoms with Crippen molar-refractivity contribution in [3.05, 3.63) is 105 Å². The maximum Gasteiger partial charge on any atom is 2.00 e. The Morgan fingerprint density at radius 2 is 1.39 bits per heavy atom. The third-order valence-electron chi connectivity index (χ3n) is 2.97. The number of rotatable bonds is 3. The van der Waals surface area contributed by atoms with Gasteiger partial charge < -0.3 is 0 Å². The number of benzene rings is 1. The topological polar surface area (TPSA) is 40.9 Å². The van der Waals surface area contributed by atoms with Gasteiger partial charge in [-0.15, -0.1) is 0 Å². The van der Waals surface area contributed by atoms with Crippen LogP contribution in [0.5, 0.6) is 0 Å². The van der Waals surface area contributed by atoms with E-state index in [-0.39, 0.29) is 22.9 Å². The van der Waals surface area contributed by atoms with E-state index in [4.69, 9.17) is 5.26 Å². The normalized spacial score (nSPS) is 17.2. The number of carbonyl (C=O) groups excluding carboxylic acids is 1. The molecule has 0 aromatic heterocycles. The summed E-state index contributed by atoms with van der Waals surface area (Å²) >= 11 is 0. The molecule has 0 saturated heterocycles. The van der Waals surface area contributed by atoms with Gasteiger partial charge in [0.2, 0.25) is 0 Å². The summed E-state index contributed by atoms with van der Waals surface area (Å²) in [5.74, 6) is 0.675. The first-order valence-electron chi connectivity index (χ1n) is 6.90. The molecule has 1 aromatic carbocycles. The van der Waals surface area contributed by atoms with E-state index in [9.17, 15) is 4.79 Å². The smallest absolute Gasteiger partial charge is 0.294 e. The molecule has 10 radical (unpaired) electrons. The molecule has 3 rings (SSSR count). The Labute approximate surface area is 150 Å². The molecule has 0 heterocycles. The van der Waals surface area contributed by atoms with Gasteiger partial charge >= 0.3 is 17.1 Å². The Hall–Kier alpha value is -1.36. The van der Waals surface area contributed by atoms with Gasteiger partial charge in [0, 0.05) is 0 Å². The van der Waals surface area contributed by atoms with Crippen LogP contribution in [0.4, 0.5) is 0 Å². The fraction of sp³-hybridized carbons (Fsp3) is 0. The summed E-state index contributed by atoms with van der Waals surface area (Å²) in [7, 11) is 0. The minimum Gasteiger partial charge on any atom is -0.294 e. The van der Waals surface area contributed by atoms with Crippen molar-refractivity contribution in [3.8, 4) is 6.07 Å². The average Bonchev–Trinajstić information content (AvgIpc) is 3.28. The fourth-order valence-electron chi connectivity index (χ4n) is 1.80. The van der Waals surface area contributed by atoms with Gasteiger partial charge in [-0.05, 0) is 81.6 Å². The van der Waals surface area contributed by atoms with Gasteiger partial charge in [-0.3, -0.25) is 4.79 Å². The van der Waals surface area contributed by atoms with Crippen molar-refractivity contribution in [2.24, 2.45) is 0 Å². The van der Waals surface area contributed by atoms with E-state index >= 15 is 0 Å². The SMILES string of the molecule is N#Cc1ccc(/C=C/C(=O)[C]2[CH][CH][CH][CH]2)cc1.[CH]1[CH][CH][CH][CH]1.[Fe+2]. The summed E-state index contributed by atoms with van der Waals surface area (Å²) in [6, 6.07) is 9.13. The van der Waals surface area contributed by atoms with Crippen LogP contribution in [0.25, 0.3) is 6.08 Å². The Bertz CT molecular complexity index is 524. The molecule has 2 nitrogen and oxygen atoms in total. The van der Waals surface area contributed by atoms with Crippen LogP contribution in [0, 0.1) is 75.0 Å². The van der Waals surface area contributed by atoms with E-state index in [0.717, 1.165) is 5.56 Å². The summed E-state index contributed by atoms with van der Waals surface area (Å²) in [5.41, 5.74) is 1.52. The second-order valence-electron chi connectivity index (χ2n) is 4.57. The van der Waals surface area contributed by atoms with Crippen LogP contribution < -0.4 is 0 Å². The van der Waals surface area contributed by atoms with Gasteiger partial charge in [-0.1, -0.05) is 18.2 Å². The summed E-state index contributed by atoms with van der Waals surface area (Å²) in [5, 5.41) is 8.65. The van der Waals surface area contributed by atoms with E-state index in [0.29, 0.717) is 11.5 Å². The second-order valence-corrected chi connectivity index (χ2v) is 4.57. The molecule has 112 valence electrons. The van der Waals surface area contributed by atoms with Crippen molar-refractivity contribution >= 4 is 11.9 Å². The van der Waals surface area contributed by atoms with Crippen LogP contribution >= 0.6 is 0 Å². The van der Waals surface area contributed by atoms with E-state index in [1.807, 2.05) is 57.1 Å². The maximum atomic E-state index is 11.7. The van der Waals surface area contributed by atoms with Crippen LogP contribution in [0.2, 0.25) is 0 Å². The molecule has 0 N–H and O–H groups in total. The quantitative estimate of drug-likeness (QED) is 0.623. The standard InChI is InChI=1S/C15H10NO.C5H5.Fe/c16-11-13-7-5-12(6-8-13)9-10-15(17)14-3-1-2-4-14;1-2-4-5-3-1;/h1-10H;1-5H;/q;;+2/b10-9+;;. The molecule has 0 aliphatic heterocycles. The summed E-state index contributed by atoms with van der Waals surface area (Å²) in [6.45, 7) is 0. The Morgan fingerprint density at radius 3 is 1.87 bits per heavy atom. The maximum absolute atomic E-state index is 11.7. The van der Waals surface area contributed by atoms with Crippen molar-refractivity contribution in [3.63, 3.8) is 0 Å². The molecule has 2 aliphatic carbocycles. The Balaban J connectivity index is 0.000000377. The summed E-state index contributed by atoms with van der Waals surface area (Å²) in [4.78, 5) is 11.7. The molecule has 0 bridgehead atoms. The molecule has 0 spiro atoms. The number of ketones is 1. The molecule has 0 amide bonds. The van der Waals surface area contributed by atoms with Crippen molar-refractivity contribution in [2.75, 3.05) is 0 Å². The number of nitrogens with zero attached hydrogens (tertiary/aromatic N) is 1. The van der Waals surface area contributed by atoms with Crippen LogP contribution in [0.1, 0.15) is 11.1 Å². The molecular weight excluding hydrogens is 326 g/mol. The molecule has 3 heteroatoms. The minimum absolute atomic E-state index is 0. The molecule has 2 fully saturated rings. The van der Waals surface area contributed by atoms with Gasteiger partial charge in [-0.2, -0.15) is 5.26 Å². The minimum atomic E-state index is -0.0145. The molecule has 2 saturated carbocycles. The third-order valence-corrected chi connectivity index (χ3v) is 2.97. The first kappa shape index (κ1) is 19.7. The van der Waals surface area contributed by atoms with E-state index in [1.165, 1.54) is 6.08 Å². The van der Waals surface area contributed by atoms with Crippen LogP contribution in [-0.2, 0) is 21.9 Å².